The molecule has 30 heavy (non-hydrogen) atoms. The van der Waals surface area contributed by atoms with Gasteiger partial charge in [0.15, 0.2) is 0 Å². The minimum Gasteiger partial charge on any atom is -0.383 e. The summed E-state index contributed by atoms with van der Waals surface area (Å²) in [7, 11) is 1.56. The average Bonchev–Trinajstić information content (AvgIpc) is 2.76. The van der Waals surface area contributed by atoms with E-state index in [1.807, 2.05) is 0 Å². The van der Waals surface area contributed by atoms with E-state index >= 15 is 0 Å². The van der Waals surface area contributed by atoms with E-state index in [0.717, 1.165) is 0 Å². The van der Waals surface area contributed by atoms with E-state index in [1.165, 1.54) is 11.8 Å². The monoisotopic (exact) mass is 425 g/mol. The summed E-state index contributed by atoms with van der Waals surface area (Å²) in [6.07, 6.45) is 5.35. The van der Waals surface area contributed by atoms with Crippen molar-refractivity contribution >= 4 is 35.2 Å². The van der Waals surface area contributed by atoms with E-state index in [0.29, 0.717) is 34.9 Å². The standard InChI is InChI=1S/C22H23N3O4S/c1-3-16-7-6-8-17(13-16)25-20(26)14-24-22(28)18-9-4-5-10-19(18)30-15-21(27)23-11-12-29-2/h1,4-10,13H,11-12,14-15H2,2H3,(H,23,27)(H,24,28)(H,25,26). The lowest BCUT2D eigenvalue weighted by Crippen LogP contribution is -2.33. The number of methoxy groups -OCH3 is 1. The summed E-state index contributed by atoms with van der Waals surface area (Å²) in [5.41, 5.74) is 1.60. The van der Waals surface area contributed by atoms with Crippen LogP contribution in [-0.4, -0.2) is 50.3 Å². The zero-order chi connectivity index (χ0) is 21.8. The predicted octanol–water partition coefficient (Wildman–Crippen LogP) is 1.89. The van der Waals surface area contributed by atoms with Crippen LogP contribution in [0.2, 0.25) is 0 Å². The van der Waals surface area contributed by atoms with Gasteiger partial charge in [0, 0.05) is 29.8 Å². The van der Waals surface area contributed by atoms with Gasteiger partial charge >= 0.3 is 0 Å². The summed E-state index contributed by atoms with van der Waals surface area (Å²) in [6.45, 7) is 0.664. The fourth-order valence-corrected chi connectivity index (χ4v) is 3.29. The Morgan fingerprint density at radius 3 is 2.63 bits per heavy atom. The second kappa shape index (κ2) is 12.3. The quantitative estimate of drug-likeness (QED) is 0.307. The lowest BCUT2D eigenvalue weighted by atomic mass is 10.2. The van der Waals surface area contributed by atoms with E-state index in [9.17, 15) is 14.4 Å². The molecule has 0 radical (unpaired) electrons. The van der Waals surface area contributed by atoms with Crippen molar-refractivity contribution in [3.05, 3.63) is 59.7 Å². The van der Waals surface area contributed by atoms with Gasteiger partial charge in [-0.3, -0.25) is 14.4 Å². The highest BCUT2D eigenvalue weighted by molar-refractivity contribution is 8.00. The van der Waals surface area contributed by atoms with E-state index in [1.54, 1.807) is 55.6 Å². The normalized spacial score (nSPS) is 10.0. The lowest BCUT2D eigenvalue weighted by Gasteiger charge is -2.11. The van der Waals surface area contributed by atoms with Gasteiger partial charge in [0.05, 0.1) is 24.5 Å². The minimum absolute atomic E-state index is 0.152. The molecular weight excluding hydrogens is 402 g/mol. The summed E-state index contributed by atoms with van der Waals surface area (Å²) in [5, 5.41) is 8.00. The Balaban J connectivity index is 1.88. The summed E-state index contributed by atoms with van der Waals surface area (Å²) >= 11 is 1.25. The van der Waals surface area contributed by atoms with E-state index in [-0.39, 0.29) is 24.1 Å². The second-order valence-electron chi connectivity index (χ2n) is 6.08. The molecular formula is C22H23N3O4S. The van der Waals surface area contributed by atoms with Crippen molar-refractivity contribution in [3.8, 4) is 12.3 Å². The van der Waals surface area contributed by atoms with E-state index < -0.39 is 5.91 Å². The highest BCUT2D eigenvalue weighted by atomic mass is 32.2. The molecule has 156 valence electrons. The van der Waals surface area contributed by atoms with Crippen LogP contribution < -0.4 is 16.0 Å². The topological polar surface area (TPSA) is 96.5 Å². The van der Waals surface area contributed by atoms with E-state index in [4.69, 9.17) is 11.2 Å². The molecule has 0 saturated heterocycles. The van der Waals surface area contributed by atoms with Crippen molar-refractivity contribution in [3.63, 3.8) is 0 Å². The maximum Gasteiger partial charge on any atom is 0.252 e. The molecule has 2 rings (SSSR count). The number of anilines is 1. The number of terminal acetylenes is 1. The third-order valence-electron chi connectivity index (χ3n) is 3.84. The molecule has 0 bridgehead atoms. The first-order valence-corrected chi connectivity index (χ1v) is 10.1. The summed E-state index contributed by atoms with van der Waals surface area (Å²) in [4.78, 5) is 37.2. The van der Waals surface area contributed by atoms with E-state index in [2.05, 4.69) is 21.9 Å². The number of thioether (sulfide) groups is 1. The van der Waals surface area contributed by atoms with Crippen molar-refractivity contribution in [2.24, 2.45) is 0 Å². The van der Waals surface area contributed by atoms with Gasteiger partial charge in [-0.2, -0.15) is 0 Å². The molecule has 0 atom stereocenters. The smallest absolute Gasteiger partial charge is 0.252 e. The number of nitrogens with one attached hydrogen (secondary N) is 3. The third-order valence-corrected chi connectivity index (χ3v) is 4.91. The molecule has 0 fully saturated rings. The Labute approximate surface area is 180 Å². The first-order chi connectivity index (χ1) is 14.5. The molecule has 2 aromatic rings. The highest BCUT2D eigenvalue weighted by Gasteiger charge is 2.14. The number of rotatable bonds is 10. The van der Waals surface area contributed by atoms with Crippen LogP contribution in [0.5, 0.6) is 0 Å². The van der Waals surface area contributed by atoms with Crippen LogP contribution in [0.1, 0.15) is 15.9 Å². The van der Waals surface area contributed by atoms with Crippen molar-refractivity contribution in [1.29, 1.82) is 0 Å². The first kappa shape index (κ1) is 23.0. The molecule has 0 unspecified atom stereocenters. The predicted molar refractivity (Wildman–Crippen MR) is 117 cm³/mol. The van der Waals surface area contributed by atoms with Crippen molar-refractivity contribution in [2.45, 2.75) is 4.90 Å². The molecule has 3 N–H and O–H groups in total. The highest BCUT2D eigenvalue weighted by Crippen LogP contribution is 2.22. The van der Waals surface area contributed by atoms with Crippen LogP contribution in [0, 0.1) is 12.3 Å². The number of carbonyl (C=O) groups is 3. The fraction of sp³-hybridized carbons (Fsp3) is 0.227. The third kappa shape index (κ3) is 7.62. The first-order valence-electron chi connectivity index (χ1n) is 9.15. The van der Waals surface area contributed by atoms with Gasteiger partial charge in [-0.25, -0.2) is 0 Å². The number of hydrogen-bond acceptors (Lipinski definition) is 5. The maximum absolute atomic E-state index is 12.5. The van der Waals surface area contributed by atoms with Crippen LogP contribution in [0.3, 0.4) is 0 Å². The van der Waals surface area contributed by atoms with Gasteiger partial charge in [-0.05, 0) is 30.3 Å². The molecule has 0 aromatic heterocycles. The molecule has 0 aliphatic carbocycles. The maximum atomic E-state index is 12.5. The van der Waals surface area contributed by atoms with Gasteiger partial charge in [-0.1, -0.05) is 24.1 Å². The lowest BCUT2D eigenvalue weighted by molar-refractivity contribution is -0.118. The van der Waals surface area contributed by atoms with Gasteiger partial charge in [0.1, 0.15) is 0 Å². The van der Waals surface area contributed by atoms with Crippen molar-refractivity contribution in [2.75, 3.05) is 37.9 Å². The molecule has 7 nitrogen and oxygen atoms in total. The Kier molecular flexibility index (Phi) is 9.45. The average molecular weight is 426 g/mol. The molecule has 3 amide bonds. The van der Waals surface area contributed by atoms with Crippen LogP contribution in [0.4, 0.5) is 5.69 Å². The Morgan fingerprint density at radius 1 is 1.07 bits per heavy atom. The number of hydrogen-bond donors (Lipinski definition) is 3. The Morgan fingerprint density at radius 2 is 1.87 bits per heavy atom. The zero-order valence-corrected chi connectivity index (χ0v) is 17.4. The number of benzene rings is 2. The van der Waals surface area contributed by atoms with Gasteiger partial charge < -0.3 is 20.7 Å². The number of ether oxygens (including phenoxy) is 1. The Bertz CT molecular complexity index is 940. The van der Waals surface area contributed by atoms with Gasteiger partial charge in [0.2, 0.25) is 11.8 Å². The molecule has 0 spiro atoms. The largest absolute Gasteiger partial charge is 0.383 e. The number of carbonyl (C=O) groups excluding carboxylic acids is 3. The second-order valence-corrected chi connectivity index (χ2v) is 7.10. The minimum atomic E-state index is -0.398. The van der Waals surface area contributed by atoms with Gasteiger partial charge in [-0.15, -0.1) is 18.2 Å². The van der Waals surface area contributed by atoms with Crippen LogP contribution in [0.15, 0.2) is 53.4 Å². The molecule has 0 heterocycles. The Hall–Kier alpha value is -3.28. The summed E-state index contributed by atoms with van der Waals surface area (Å²) < 4.78 is 4.88. The SMILES string of the molecule is C#Cc1cccc(NC(=O)CNC(=O)c2ccccc2SCC(=O)NCCOC)c1. The summed E-state index contributed by atoms with van der Waals surface area (Å²) in [6, 6.07) is 13.8. The zero-order valence-electron chi connectivity index (χ0n) is 16.6. The molecule has 0 aliphatic rings. The van der Waals surface area contributed by atoms with Crippen molar-refractivity contribution < 1.29 is 19.1 Å². The molecule has 8 heteroatoms. The molecule has 0 aliphatic heterocycles. The fourth-order valence-electron chi connectivity index (χ4n) is 2.41. The summed E-state index contributed by atoms with van der Waals surface area (Å²) in [5.74, 6) is 1.74. The van der Waals surface area contributed by atoms with Crippen molar-refractivity contribution in [1.82, 2.24) is 10.6 Å². The van der Waals surface area contributed by atoms with Crippen LogP contribution in [0.25, 0.3) is 0 Å². The molecule has 2 aromatic carbocycles. The van der Waals surface area contributed by atoms with Crippen LogP contribution >= 0.6 is 11.8 Å². The van der Waals surface area contributed by atoms with Gasteiger partial charge in [0.25, 0.3) is 5.91 Å². The molecule has 0 saturated carbocycles. The number of amides is 3. The van der Waals surface area contributed by atoms with Crippen LogP contribution in [-0.2, 0) is 14.3 Å².